The smallest absolute Gasteiger partial charge is 0.407 e. The molecule has 1 amide bonds. The van der Waals surface area contributed by atoms with Crippen LogP contribution in [0.3, 0.4) is 0 Å². The highest BCUT2D eigenvalue weighted by Crippen LogP contribution is 2.11. The highest BCUT2D eigenvalue weighted by Gasteiger charge is 2.15. The Hall–Kier alpha value is -2.68. The number of alkyl carbamates (subject to hydrolysis) is 1. The van der Waals surface area contributed by atoms with Crippen molar-refractivity contribution >= 4 is 12.1 Å². The van der Waals surface area contributed by atoms with Gasteiger partial charge in [0.25, 0.3) is 0 Å². The van der Waals surface area contributed by atoms with E-state index in [1.165, 1.54) is 0 Å². The molecule has 23 heavy (non-hydrogen) atoms. The number of aliphatic carboxylic acids is 1. The van der Waals surface area contributed by atoms with Crippen molar-refractivity contribution in [3.63, 3.8) is 0 Å². The van der Waals surface area contributed by atoms with E-state index in [1.807, 2.05) is 0 Å². The van der Waals surface area contributed by atoms with Crippen molar-refractivity contribution in [3.8, 4) is 17.6 Å². The Labute approximate surface area is 135 Å². The first-order valence-corrected chi connectivity index (χ1v) is 7.16. The van der Waals surface area contributed by atoms with Crippen LogP contribution >= 0.6 is 0 Å². The van der Waals surface area contributed by atoms with Crippen LogP contribution in [0.5, 0.6) is 5.75 Å². The Morgan fingerprint density at radius 1 is 1.22 bits per heavy atom. The van der Waals surface area contributed by atoms with E-state index in [-0.39, 0.29) is 6.61 Å². The second-order valence-corrected chi connectivity index (χ2v) is 5.69. The topological polar surface area (TPSA) is 84.9 Å². The third-order valence-corrected chi connectivity index (χ3v) is 2.37. The maximum atomic E-state index is 11.4. The van der Waals surface area contributed by atoms with Crippen LogP contribution in [0.25, 0.3) is 0 Å². The lowest BCUT2D eigenvalue weighted by Gasteiger charge is -2.19. The van der Waals surface area contributed by atoms with Gasteiger partial charge in [0.2, 0.25) is 0 Å². The first kappa shape index (κ1) is 18.4. The molecular formula is C17H21NO5. The summed E-state index contributed by atoms with van der Waals surface area (Å²) in [5.74, 6) is 5.33. The fourth-order valence-corrected chi connectivity index (χ4v) is 1.49. The summed E-state index contributed by atoms with van der Waals surface area (Å²) in [6.07, 6.45) is 0.0375. The molecule has 0 atom stereocenters. The standard InChI is InChI=1S/C17H21NO5/c1-17(2,3)23-16(21)18-11-5-4-6-13-7-9-14(10-8-13)22-12-15(19)20/h7-10H,5,11-12H2,1-3H3,(H,18,21)(H,19,20). The van der Waals surface area contributed by atoms with Crippen molar-refractivity contribution in [1.82, 2.24) is 5.32 Å². The van der Waals surface area contributed by atoms with Crippen molar-refractivity contribution in [2.24, 2.45) is 0 Å². The Morgan fingerprint density at radius 2 is 1.87 bits per heavy atom. The summed E-state index contributed by atoms with van der Waals surface area (Å²) in [5, 5.41) is 11.1. The summed E-state index contributed by atoms with van der Waals surface area (Å²) in [6.45, 7) is 5.44. The van der Waals surface area contributed by atoms with Crippen LogP contribution in [0.2, 0.25) is 0 Å². The molecular weight excluding hydrogens is 298 g/mol. The van der Waals surface area contributed by atoms with Gasteiger partial charge in [0.05, 0.1) is 0 Å². The van der Waals surface area contributed by atoms with Crippen LogP contribution in [-0.4, -0.2) is 35.9 Å². The molecule has 0 aromatic heterocycles. The predicted molar refractivity (Wildman–Crippen MR) is 85.3 cm³/mol. The molecule has 1 aromatic carbocycles. The average molecular weight is 319 g/mol. The molecule has 0 aliphatic heterocycles. The number of carboxylic acid groups (broad SMARTS) is 1. The fourth-order valence-electron chi connectivity index (χ4n) is 1.49. The summed E-state index contributed by atoms with van der Waals surface area (Å²) in [4.78, 5) is 21.8. The predicted octanol–water partition coefficient (Wildman–Crippen LogP) is 2.42. The number of hydrogen-bond acceptors (Lipinski definition) is 4. The van der Waals surface area contributed by atoms with E-state index in [4.69, 9.17) is 14.6 Å². The number of carbonyl (C=O) groups excluding carboxylic acids is 1. The third kappa shape index (κ3) is 9.04. The highest BCUT2D eigenvalue weighted by molar-refractivity contribution is 5.68. The molecule has 0 spiro atoms. The van der Waals surface area contributed by atoms with Gasteiger partial charge in [0, 0.05) is 18.5 Å². The van der Waals surface area contributed by atoms with Crippen LogP contribution < -0.4 is 10.1 Å². The zero-order chi connectivity index (χ0) is 17.3. The van der Waals surface area contributed by atoms with Crippen molar-refractivity contribution in [1.29, 1.82) is 0 Å². The lowest BCUT2D eigenvalue weighted by molar-refractivity contribution is -0.139. The summed E-state index contributed by atoms with van der Waals surface area (Å²) >= 11 is 0. The van der Waals surface area contributed by atoms with Crippen LogP contribution in [0.15, 0.2) is 24.3 Å². The largest absolute Gasteiger partial charge is 0.482 e. The van der Waals surface area contributed by atoms with Gasteiger partial charge in [-0.1, -0.05) is 11.8 Å². The molecule has 0 fully saturated rings. The second kappa shape index (κ2) is 8.69. The molecule has 6 heteroatoms. The van der Waals surface area contributed by atoms with E-state index < -0.39 is 17.7 Å². The quantitative estimate of drug-likeness (QED) is 0.643. The number of ether oxygens (including phenoxy) is 2. The van der Waals surface area contributed by atoms with Crippen LogP contribution in [0.1, 0.15) is 32.8 Å². The summed E-state index contributed by atoms with van der Waals surface area (Å²) in [6, 6.07) is 6.80. The number of amides is 1. The summed E-state index contributed by atoms with van der Waals surface area (Å²) in [7, 11) is 0. The van der Waals surface area contributed by atoms with Gasteiger partial charge >= 0.3 is 12.1 Å². The van der Waals surface area contributed by atoms with Gasteiger partial charge in [-0.05, 0) is 45.0 Å². The summed E-state index contributed by atoms with van der Waals surface area (Å²) < 4.78 is 10.1. The van der Waals surface area contributed by atoms with Crippen molar-refractivity contribution < 1.29 is 24.2 Å². The molecule has 0 radical (unpaired) electrons. The molecule has 0 saturated carbocycles. The Bertz CT molecular complexity index is 590. The number of carbonyl (C=O) groups is 2. The van der Waals surface area contributed by atoms with Crippen LogP contribution in [0, 0.1) is 11.8 Å². The normalized spacial score (nSPS) is 10.2. The molecule has 124 valence electrons. The number of carboxylic acids is 1. The average Bonchev–Trinajstić information content (AvgIpc) is 2.44. The van der Waals surface area contributed by atoms with E-state index in [0.29, 0.717) is 18.7 Å². The molecule has 0 bridgehead atoms. The van der Waals surface area contributed by atoms with Gasteiger partial charge < -0.3 is 19.9 Å². The van der Waals surface area contributed by atoms with Crippen molar-refractivity contribution in [2.45, 2.75) is 32.8 Å². The molecule has 0 heterocycles. The first-order chi connectivity index (χ1) is 10.8. The number of nitrogens with one attached hydrogen (secondary N) is 1. The monoisotopic (exact) mass is 319 g/mol. The van der Waals surface area contributed by atoms with Crippen LogP contribution in [0.4, 0.5) is 4.79 Å². The zero-order valence-corrected chi connectivity index (χ0v) is 13.5. The Kier molecular flexibility index (Phi) is 6.94. The maximum absolute atomic E-state index is 11.4. The van der Waals surface area contributed by atoms with E-state index >= 15 is 0 Å². The molecule has 1 rings (SSSR count). The number of rotatable bonds is 5. The lowest BCUT2D eigenvalue weighted by atomic mass is 10.2. The van der Waals surface area contributed by atoms with Gasteiger partial charge in [0.1, 0.15) is 11.4 Å². The second-order valence-electron chi connectivity index (χ2n) is 5.69. The number of hydrogen-bond donors (Lipinski definition) is 2. The fraction of sp³-hybridized carbons (Fsp3) is 0.412. The highest BCUT2D eigenvalue weighted by atomic mass is 16.6. The van der Waals surface area contributed by atoms with Gasteiger partial charge in [0.15, 0.2) is 6.61 Å². The minimum absolute atomic E-state index is 0.374. The maximum Gasteiger partial charge on any atom is 0.407 e. The van der Waals surface area contributed by atoms with Gasteiger partial charge in [-0.2, -0.15) is 0 Å². The van der Waals surface area contributed by atoms with Crippen LogP contribution in [-0.2, 0) is 9.53 Å². The molecule has 0 saturated heterocycles. The molecule has 0 aliphatic carbocycles. The van der Waals surface area contributed by atoms with Gasteiger partial charge in [-0.15, -0.1) is 0 Å². The van der Waals surface area contributed by atoms with E-state index in [2.05, 4.69) is 17.2 Å². The van der Waals surface area contributed by atoms with E-state index in [9.17, 15) is 9.59 Å². The first-order valence-electron chi connectivity index (χ1n) is 7.16. The lowest BCUT2D eigenvalue weighted by Crippen LogP contribution is -2.32. The van der Waals surface area contributed by atoms with Crippen molar-refractivity contribution in [3.05, 3.63) is 29.8 Å². The minimum atomic E-state index is -1.02. The zero-order valence-electron chi connectivity index (χ0n) is 13.5. The molecule has 1 aromatic rings. The van der Waals surface area contributed by atoms with E-state index in [0.717, 1.165) is 5.56 Å². The summed E-state index contributed by atoms with van der Waals surface area (Å²) in [5.41, 5.74) is 0.269. The van der Waals surface area contributed by atoms with Gasteiger partial charge in [-0.3, -0.25) is 0 Å². The van der Waals surface area contributed by atoms with Crippen molar-refractivity contribution in [2.75, 3.05) is 13.2 Å². The van der Waals surface area contributed by atoms with Gasteiger partial charge in [-0.25, -0.2) is 9.59 Å². The minimum Gasteiger partial charge on any atom is -0.482 e. The molecule has 2 N–H and O–H groups in total. The molecule has 6 nitrogen and oxygen atoms in total. The SMILES string of the molecule is CC(C)(C)OC(=O)NCCC#Cc1ccc(OCC(=O)O)cc1. The Morgan fingerprint density at radius 3 is 2.43 bits per heavy atom. The molecule has 0 aliphatic rings. The number of benzene rings is 1. The Balaban J connectivity index is 2.33. The van der Waals surface area contributed by atoms with E-state index in [1.54, 1.807) is 45.0 Å². The third-order valence-electron chi connectivity index (χ3n) is 2.37. The molecule has 0 unspecified atom stereocenters.